The van der Waals surface area contributed by atoms with Crippen molar-refractivity contribution in [2.45, 2.75) is 24.4 Å². The van der Waals surface area contributed by atoms with E-state index in [0.29, 0.717) is 16.4 Å². The van der Waals surface area contributed by atoms with Crippen molar-refractivity contribution in [1.82, 2.24) is 20.1 Å². The van der Waals surface area contributed by atoms with E-state index in [2.05, 4.69) is 20.5 Å². The van der Waals surface area contributed by atoms with E-state index in [9.17, 15) is 9.59 Å². The van der Waals surface area contributed by atoms with Gasteiger partial charge in [-0.1, -0.05) is 11.8 Å². The van der Waals surface area contributed by atoms with E-state index in [4.69, 9.17) is 0 Å². The van der Waals surface area contributed by atoms with Crippen LogP contribution in [0.4, 0.5) is 5.69 Å². The summed E-state index contributed by atoms with van der Waals surface area (Å²) in [4.78, 5) is 30.1. The van der Waals surface area contributed by atoms with Gasteiger partial charge in [-0.05, 0) is 43.5 Å². The fraction of sp³-hybridized carbons (Fsp3) is 0.375. The Labute approximate surface area is 144 Å². The summed E-state index contributed by atoms with van der Waals surface area (Å²) in [5.41, 5.74) is 1.33. The normalized spacial score (nSPS) is 14.4. The molecule has 7 nitrogen and oxygen atoms in total. The summed E-state index contributed by atoms with van der Waals surface area (Å²) in [5.74, 6) is 0.170. The molecule has 24 heavy (non-hydrogen) atoms. The van der Waals surface area contributed by atoms with E-state index >= 15 is 0 Å². The van der Waals surface area contributed by atoms with Gasteiger partial charge in [-0.3, -0.25) is 14.7 Å². The lowest BCUT2D eigenvalue weighted by atomic mass is 10.1. The van der Waals surface area contributed by atoms with Crippen LogP contribution in [0.15, 0.2) is 35.7 Å². The van der Waals surface area contributed by atoms with Crippen molar-refractivity contribution >= 4 is 29.3 Å². The lowest BCUT2D eigenvalue weighted by Gasteiger charge is -2.26. The Morgan fingerprint density at radius 3 is 2.58 bits per heavy atom. The zero-order chi connectivity index (χ0) is 16.8. The zero-order valence-electron chi connectivity index (χ0n) is 13.2. The van der Waals surface area contributed by atoms with Crippen molar-refractivity contribution in [2.75, 3.05) is 24.2 Å². The van der Waals surface area contributed by atoms with Crippen LogP contribution in [0, 0.1) is 0 Å². The number of thioether (sulfide) groups is 1. The van der Waals surface area contributed by atoms with E-state index in [1.54, 1.807) is 24.3 Å². The molecule has 2 amide bonds. The van der Waals surface area contributed by atoms with Gasteiger partial charge in [0.25, 0.3) is 5.91 Å². The molecule has 1 fully saturated rings. The van der Waals surface area contributed by atoms with Gasteiger partial charge < -0.3 is 10.2 Å². The minimum absolute atomic E-state index is 0.0634. The number of carbonyl (C=O) groups excluding carboxylic acids is 2. The molecule has 1 aliphatic heterocycles. The second kappa shape index (κ2) is 7.96. The highest BCUT2D eigenvalue weighted by atomic mass is 32.2. The summed E-state index contributed by atoms with van der Waals surface area (Å²) in [7, 11) is 0. The van der Waals surface area contributed by atoms with Crippen molar-refractivity contribution in [1.29, 1.82) is 0 Å². The second-order valence-corrected chi connectivity index (χ2v) is 6.52. The molecule has 126 valence electrons. The molecule has 1 aromatic carbocycles. The fourth-order valence-electron chi connectivity index (χ4n) is 2.57. The predicted octanol–water partition coefficient (Wildman–Crippen LogP) is 2.16. The molecular formula is C16H19N5O2S. The maximum Gasteiger partial charge on any atom is 0.253 e. The monoisotopic (exact) mass is 345 g/mol. The number of hydrogen-bond acceptors (Lipinski definition) is 5. The minimum atomic E-state index is -0.133. The highest BCUT2D eigenvalue weighted by Crippen LogP contribution is 2.16. The van der Waals surface area contributed by atoms with Gasteiger partial charge in [-0.2, -0.15) is 5.10 Å². The Hall–Kier alpha value is -2.35. The van der Waals surface area contributed by atoms with Gasteiger partial charge >= 0.3 is 0 Å². The molecule has 8 heteroatoms. The van der Waals surface area contributed by atoms with Crippen LogP contribution < -0.4 is 5.32 Å². The molecule has 0 saturated carbocycles. The first kappa shape index (κ1) is 16.5. The van der Waals surface area contributed by atoms with Gasteiger partial charge in [-0.25, -0.2) is 4.98 Å². The van der Waals surface area contributed by atoms with Crippen LogP contribution in [0.1, 0.15) is 29.6 Å². The number of nitrogens with one attached hydrogen (secondary N) is 2. The fourth-order valence-corrected chi connectivity index (χ4v) is 3.15. The van der Waals surface area contributed by atoms with Crippen LogP contribution in [0.2, 0.25) is 0 Å². The Kier molecular flexibility index (Phi) is 5.47. The van der Waals surface area contributed by atoms with Crippen molar-refractivity contribution in [2.24, 2.45) is 0 Å². The number of benzene rings is 1. The molecule has 2 N–H and O–H groups in total. The van der Waals surface area contributed by atoms with E-state index < -0.39 is 0 Å². The predicted molar refractivity (Wildman–Crippen MR) is 91.9 cm³/mol. The van der Waals surface area contributed by atoms with E-state index in [1.807, 2.05) is 4.90 Å². The van der Waals surface area contributed by atoms with Crippen LogP contribution in [0.25, 0.3) is 0 Å². The molecule has 0 aliphatic carbocycles. The standard InChI is InChI=1S/C16H19N5O2S/c22-14(10-24-16-17-11-18-20-16)19-13-6-4-12(5-7-13)15(23)21-8-2-1-3-9-21/h4-7,11H,1-3,8-10H2,(H,19,22)(H,17,18,20). The third-order valence-electron chi connectivity index (χ3n) is 3.79. The summed E-state index contributed by atoms with van der Waals surface area (Å²) in [6.07, 6.45) is 4.74. The number of anilines is 1. The van der Waals surface area contributed by atoms with Crippen LogP contribution in [0.5, 0.6) is 0 Å². The van der Waals surface area contributed by atoms with Crippen molar-refractivity contribution in [3.8, 4) is 0 Å². The molecule has 1 aliphatic rings. The van der Waals surface area contributed by atoms with Gasteiger partial charge in [0.2, 0.25) is 5.91 Å². The van der Waals surface area contributed by atoms with Crippen molar-refractivity contribution in [3.05, 3.63) is 36.2 Å². The number of aromatic nitrogens is 3. The van der Waals surface area contributed by atoms with Gasteiger partial charge in [0.05, 0.1) is 5.75 Å². The van der Waals surface area contributed by atoms with Crippen LogP contribution in [-0.2, 0) is 4.79 Å². The molecule has 2 heterocycles. The van der Waals surface area contributed by atoms with Crippen LogP contribution in [0.3, 0.4) is 0 Å². The number of likely N-dealkylation sites (tertiary alicyclic amines) is 1. The topological polar surface area (TPSA) is 91.0 Å². The minimum Gasteiger partial charge on any atom is -0.339 e. The first-order chi connectivity index (χ1) is 11.7. The number of aromatic amines is 1. The molecule has 3 rings (SSSR count). The summed E-state index contributed by atoms with van der Waals surface area (Å²) in [5, 5.41) is 9.82. The molecule has 0 radical (unpaired) electrons. The number of H-pyrrole nitrogens is 1. The summed E-state index contributed by atoms with van der Waals surface area (Å²) >= 11 is 1.28. The average molecular weight is 345 g/mol. The number of amides is 2. The second-order valence-electron chi connectivity index (χ2n) is 5.56. The third-order valence-corrected chi connectivity index (χ3v) is 4.67. The highest BCUT2D eigenvalue weighted by molar-refractivity contribution is 7.99. The summed E-state index contributed by atoms with van der Waals surface area (Å²) in [6, 6.07) is 7.04. The van der Waals surface area contributed by atoms with E-state index in [0.717, 1.165) is 25.9 Å². The van der Waals surface area contributed by atoms with E-state index in [-0.39, 0.29) is 17.6 Å². The summed E-state index contributed by atoms with van der Waals surface area (Å²) in [6.45, 7) is 1.66. The van der Waals surface area contributed by atoms with E-state index in [1.165, 1.54) is 24.5 Å². The smallest absolute Gasteiger partial charge is 0.253 e. The van der Waals surface area contributed by atoms with Crippen molar-refractivity contribution < 1.29 is 9.59 Å². The Morgan fingerprint density at radius 2 is 1.92 bits per heavy atom. The lowest BCUT2D eigenvalue weighted by Crippen LogP contribution is -2.35. The number of nitrogens with zero attached hydrogens (tertiary/aromatic N) is 3. The van der Waals surface area contributed by atoms with Crippen LogP contribution >= 0.6 is 11.8 Å². The van der Waals surface area contributed by atoms with Crippen LogP contribution in [-0.4, -0.2) is 50.7 Å². The maximum absolute atomic E-state index is 12.4. The number of rotatable bonds is 5. The quantitative estimate of drug-likeness (QED) is 0.811. The molecule has 0 unspecified atom stereocenters. The van der Waals surface area contributed by atoms with Gasteiger partial charge in [0.15, 0.2) is 5.16 Å². The Morgan fingerprint density at radius 1 is 1.17 bits per heavy atom. The molecule has 2 aromatic rings. The number of piperidine rings is 1. The first-order valence-corrected chi connectivity index (χ1v) is 8.88. The lowest BCUT2D eigenvalue weighted by molar-refractivity contribution is -0.113. The average Bonchev–Trinajstić information content (AvgIpc) is 3.14. The van der Waals surface area contributed by atoms with Gasteiger partial charge in [0, 0.05) is 24.3 Å². The molecule has 1 saturated heterocycles. The van der Waals surface area contributed by atoms with Crippen molar-refractivity contribution in [3.63, 3.8) is 0 Å². The molecule has 0 bridgehead atoms. The number of carbonyl (C=O) groups is 2. The molecular weight excluding hydrogens is 326 g/mol. The molecule has 0 atom stereocenters. The number of hydrogen-bond donors (Lipinski definition) is 2. The van der Waals surface area contributed by atoms with Gasteiger partial charge in [-0.15, -0.1) is 0 Å². The SMILES string of the molecule is O=C(CSc1ncn[nH]1)Nc1ccc(C(=O)N2CCCCC2)cc1. The summed E-state index contributed by atoms with van der Waals surface area (Å²) < 4.78 is 0. The zero-order valence-corrected chi connectivity index (χ0v) is 14.0. The molecule has 1 aromatic heterocycles. The Bertz CT molecular complexity index is 681. The largest absolute Gasteiger partial charge is 0.339 e. The maximum atomic E-state index is 12.4. The highest BCUT2D eigenvalue weighted by Gasteiger charge is 2.18. The third kappa shape index (κ3) is 4.35. The first-order valence-electron chi connectivity index (χ1n) is 7.90. The molecule has 0 spiro atoms. The van der Waals surface area contributed by atoms with Gasteiger partial charge in [0.1, 0.15) is 6.33 Å². The Balaban J connectivity index is 1.52.